The Hall–Kier alpha value is -1.44. The van der Waals surface area contributed by atoms with Gasteiger partial charge in [0.1, 0.15) is 11.9 Å². The first-order chi connectivity index (χ1) is 13.4. The Labute approximate surface area is 176 Å². The van der Waals surface area contributed by atoms with Crippen LogP contribution in [0.25, 0.3) is 0 Å². The highest BCUT2D eigenvalue weighted by molar-refractivity contribution is 7.98. The Morgan fingerprint density at radius 2 is 2.04 bits per heavy atom. The maximum absolute atomic E-state index is 12.2. The summed E-state index contributed by atoms with van der Waals surface area (Å²) < 4.78 is 6.03. The van der Waals surface area contributed by atoms with Crippen LogP contribution in [0.5, 0.6) is 5.75 Å². The molecule has 0 bridgehead atoms. The van der Waals surface area contributed by atoms with Crippen LogP contribution in [-0.4, -0.2) is 80.0 Å². The zero-order chi connectivity index (χ0) is 20.5. The van der Waals surface area contributed by atoms with Crippen LogP contribution < -0.4 is 10.1 Å². The number of likely N-dealkylation sites (tertiary alicyclic amines) is 1. The summed E-state index contributed by atoms with van der Waals surface area (Å²) in [6.45, 7) is 2.78. The Kier molecular flexibility index (Phi) is 9.41. The van der Waals surface area contributed by atoms with E-state index in [-0.39, 0.29) is 17.9 Å². The van der Waals surface area contributed by atoms with Gasteiger partial charge in [-0.2, -0.15) is 11.8 Å². The quantitative estimate of drug-likeness (QED) is 0.656. The molecule has 0 spiro atoms. The highest BCUT2D eigenvalue weighted by Gasteiger charge is 2.24. The summed E-state index contributed by atoms with van der Waals surface area (Å²) in [5.41, 5.74) is 0.519. The molecule has 1 aliphatic heterocycles. The normalized spacial score (nSPS) is 15.0. The van der Waals surface area contributed by atoms with Crippen LogP contribution in [-0.2, 0) is 4.79 Å². The van der Waals surface area contributed by atoms with Gasteiger partial charge in [0.05, 0.1) is 5.02 Å². The third kappa shape index (κ3) is 7.18. The van der Waals surface area contributed by atoms with Crippen molar-refractivity contribution in [1.29, 1.82) is 0 Å². The Balaban J connectivity index is 1.83. The van der Waals surface area contributed by atoms with E-state index < -0.39 is 0 Å². The number of hydrogen-bond donors (Lipinski definition) is 1. The highest BCUT2D eigenvalue weighted by atomic mass is 35.5. The van der Waals surface area contributed by atoms with Crippen LogP contribution in [0.1, 0.15) is 29.6 Å². The summed E-state index contributed by atoms with van der Waals surface area (Å²) in [5, 5.41) is 3.30. The van der Waals surface area contributed by atoms with Gasteiger partial charge in [0.2, 0.25) is 5.91 Å². The summed E-state index contributed by atoms with van der Waals surface area (Å²) >= 11 is 8.02. The molecule has 1 aromatic carbocycles. The average Bonchev–Trinajstić information content (AvgIpc) is 2.67. The fraction of sp³-hybridized carbons (Fsp3) is 0.600. The molecular weight excluding hydrogens is 398 g/mol. The number of ether oxygens (including phenoxy) is 1. The largest absolute Gasteiger partial charge is 0.489 e. The summed E-state index contributed by atoms with van der Waals surface area (Å²) in [6.07, 6.45) is 4.20. The van der Waals surface area contributed by atoms with Gasteiger partial charge in [-0.1, -0.05) is 11.6 Å². The lowest BCUT2D eigenvalue weighted by atomic mass is 10.1. The minimum Gasteiger partial charge on any atom is -0.489 e. The molecule has 1 aliphatic rings. The van der Waals surface area contributed by atoms with E-state index in [0.29, 0.717) is 42.4 Å². The predicted molar refractivity (Wildman–Crippen MR) is 116 cm³/mol. The van der Waals surface area contributed by atoms with Crippen molar-refractivity contribution in [2.24, 2.45) is 0 Å². The number of carbonyl (C=O) groups excluding carboxylic acids is 2. The Morgan fingerprint density at radius 3 is 2.64 bits per heavy atom. The monoisotopic (exact) mass is 427 g/mol. The molecule has 6 nitrogen and oxygen atoms in total. The summed E-state index contributed by atoms with van der Waals surface area (Å²) in [5.74, 6) is 1.52. The fourth-order valence-corrected chi connectivity index (χ4v) is 3.59. The number of carbonyl (C=O) groups is 2. The molecular formula is C20H30ClN3O3S. The van der Waals surface area contributed by atoms with Crippen LogP contribution in [0, 0.1) is 0 Å². The first-order valence-electron chi connectivity index (χ1n) is 9.56. The van der Waals surface area contributed by atoms with Crippen molar-refractivity contribution in [2.75, 3.05) is 52.3 Å². The van der Waals surface area contributed by atoms with E-state index in [4.69, 9.17) is 16.3 Å². The van der Waals surface area contributed by atoms with Gasteiger partial charge in [0.25, 0.3) is 5.91 Å². The van der Waals surface area contributed by atoms with Gasteiger partial charge in [-0.25, -0.2) is 0 Å². The van der Waals surface area contributed by atoms with Crippen molar-refractivity contribution in [3.05, 3.63) is 28.8 Å². The van der Waals surface area contributed by atoms with E-state index >= 15 is 0 Å². The van der Waals surface area contributed by atoms with Crippen molar-refractivity contribution < 1.29 is 14.3 Å². The molecule has 8 heteroatoms. The molecule has 0 atom stereocenters. The number of hydrogen-bond acceptors (Lipinski definition) is 5. The lowest BCUT2D eigenvalue weighted by molar-refractivity contribution is -0.132. The zero-order valence-corrected chi connectivity index (χ0v) is 18.4. The molecule has 1 aromatic rings. The van der Waals surface area contributed by atoms with Crippen molar-refractivity contribution in [3.63, 3.8) is 0 Å². The number of rotatable bonds is 9. The minimum absolute atomic E-state index is 0.0295. The number of halogens is 1. The SMILES string of the molecule is CSCCC(=O)N1CCC(Oc2ccc(C(=O)NCCN(C)C)cc2Cl)CC1. The fourth-order valence-electron chi connectivity index (χ4n) is 2.98. The second-order valence-electron chi connectivity index (χ2n) is 7.15. The molecule has 0 aliphatic carbocycles. The van der Waals surface area contributed by atoms with E-state index in [1.807, 2.05) is 30.2 Å². The van der Waals surface area contributed by atoms with Gasteiger partial charge in [0, 0.05) is 56.8 Å². The van der Waals surface area contributed by atoms with Crippen LogP contribution in [0.2, 0.25) is 5.02 Å². The molecule has 0 unspecified atom stereocenters. The van der Waals surface area contributed by atoms with Gasteiger partial charge >= 0.3 is 0 Å². The first-order valence-corrected chi connectivity index (χ1v) is 11.3. The summed E-state index contributed by atoms with van der Waals surface area (Å²) in [6, 6.07) is 5.12. The number of benzene rings is 1. The second-order valence-corrected chi connectivity index (χ2v) is 8.54. The first kappa shape index (κ1) is 22.8. The lowest BCUT2D eigenvalue weighted by Crippen LogP contribution is -2.41. The maximum Gasteiger partial charge on any atom is 0.251 e. The number of amides is 2. The third-order valence-corrected chi connectivity index (χ3v) is 5.55. The molecule has 1 fully saturated rings. The summed E-state index contributed by atoms with van der Waals surface area (Å²) in [7, 11) is 3.92. The number of thioether (sulfide) groups is 1. The Morgan fingerprint density at radius 1 is 1.32 bits per heavy atom. The average molecular weight is 428 g/mol. The van der Waals surface area contributed by atoms with Crippen molar-refractivity contribution in [3.8, 4) is 5.75 Å². The molecule has 1 heterocycles. The van der Waals surface area contributed by atoms with Gasteiger partial charge in [0.15, 0.2) is 0 Å². The predicted octanol–water partition coefficient (Wildman–Crippen LogP) is 2.75. The van der Waals surface area contributed by atoms with E-state index in [2.05, 4.69) is 5.32 Å². The molecule has 1 saturated heterocycles. The van der Waals surface area contributed by atoms with Crippen molar-refractivity contribution in [1.82, 2.24) is 15.1 Å². The van der Waals surface area contributed by atoms with Crippen LogP contribution in [0.3, 0.4) is 0 Å². The standard InChI is InChI=1S/C20H30ClN3O3S/c1-23(2)12-9-22-20(26)15-4-5-18(17(21)14-15)27-16-6-10-24(11-7-16)19(25)8-13-28-3/h4-5,14,16H,6-13H2,1-3H3,(H,22,26). The van der Waals surface area contributed by atoms with Gasteiger partial charge < -0.3 is 19.9 Å². The molecule has 0 aromatic heterocycles. The topological polar surface area (TPSA) is 61.9 Å². The number of nitrogens with one attached hydrogen (secondary N) is 1. The van der Waals surface area contributed by atoms with E-state index in [1.54, 1.807) is 30.0 Å². The van der Waals surface area contributed by atoms with Crippen LogP contribution >= 0.6 is 23.4 Å². The number of likely N-dealkylation sites (N-methyl/N-ethyl adjacent to an activating group) is 1. The molecule has 2 amide bonds. The number of nitrogens with zero attached hydrogens (tertiary/aromatic N) is 2. The lowest BCUT2D eigenvalue weighted by Gasteiger charge is -2.32. The molecule has 28 heavy (non-hydrogen) atoms. The smallest absolute Gasteiger partial charge is 0.251 e. The van der Waals surface area contributed by atoms with Gasteiger partial charge in [-0.05, 0) is 38.6 Å². The molecule has 156 valence electrons. The summed E-state index contributed by atoms with van der Waals surface area (Å²) in [4.78, 5) is 28.2. The van der Waals surface area contributed by atoms with E-state index in [9.17, 15) is 9.59 Å². The van der Waals surface area contributed by atoms with E-state index in [0.717, 1.165) is 25.1 Å². The maximum atomic E-state index is 12.2. The third-order valence-electron chi connectivity index (χ3n) is 4.65. The van der Waals surface area contributed by atoms with Gasteiger partial charge in [-0.15, -0.1) is 0 Å². The minimum atomic E-state index is -0.146. The second kappa shape index (κ2) is 11.5. The van der Waals surface area contributed by atoms with Crippen molar-refractivity contribution in [2.45, 2.75) is 25.4 Å². The zero-order valence-electron chi connectivity index (χ0n) is 16.9. The molecule has 0 saturated carbocycles. The van der Waals surface area contributed by atoms with Crippen LogP contribution in [0.4, 0.5) is 0 Å². The Bertz CT molecular complexity index is 664. The van der Waals surface area contributed by atoms with E-state index in [1.165, 1.54) is 0 Å². The van der Waals surface area contributed by atoms with Gasteiger partial charge in [-0.3, -0.25) is 9.59 Å². The van der Waals surface area contributed by atoms with Crippen molar-refractivity contribution >= 4 is 35.2 Å². The molecule has 0 radical (unpaired) electrons. The van der Waals surface area contributed by atoms with Crippen LogP contribution in [0.15, 0.2) is 18.2 Å². The molecule has 1 N–H and O–H groups in total. The highest BCUT2D eigenvalue weighted by Crippen LogP contribution is 2.28. The number of piperidine rings is 1. The molecule has 2 rings (SSSR count).